The number of hydrogen-bond donors (Lipinski definition) is 0. The van der Waals surface area contributed by atoms with Crippen LogP contribution in [-0.2, 0) is 22.6 Å². The Morgan fingerprint density at radius 1 is 1.15 bits per heavy atom. The van der Waals surface area contributed by atoms with Crippen molar-refractivity contribution >= 4 is 23.3 Å². The minimum absolute atomic E-state index is 0.0138. The fraction of sp³-hybridized carbons (Fsp3) is 0.111. The molecule has 1 aromatic heterocycles. The van der Waals surface area contributed by atoms with Crippen molar-refractivity contribution in [2.45, 2.75) is 13.0 Å². The molecule has 0 aliphatic carbocycles. The number of carbonyl (C=O) groups excluding carboxylic acids is 1. The van der Waals surface area contributed by atoms with Gasteiger partial charge in [0.05, 0.1) is 11.3 Å². The first kappa shape index (κ1) is 17.6. The molecular weight excluding hydrogens is 360 g/mol. The van der Waals surface area contributed by atoms with Crippen LogP contribution in [0.1, 0.15) is 11.3 Å². The molecule has 0 saturated heterocycles. The molecule has 26 heavy (non-hydrogen) atoms. The van der Waals surface area contributed by atoms with Crippen molar-refractivity contribution in [3.05, 3.63) is 81.0 Å². The summed E-state index contributed by atoms with van der Waals surface area (Å²) >= 11 is 5.84. The standard InChI is InChI=1S/C18H13ClN2O5/c19-14-5-3-13(4-6-14)17-10-15(20-26-17)11-25-18(22)9-12-1-7-16(8-2-12)21(23)24/h1-8,10H,9,11H2. The number of carbonyl (C=O) groups is 1. The van der Waals surface area contributed by atoms with Gasteiger partial charge in [-0.1, -0.05) is 28.9 Å². The summed E-state index contributed by atoms with van der Waals surface area (Å²) < 4.78 is 10.4. The van der Waals surface area contributed by atoms with Gasteiger partial charge in [-0.15, -0.1) is 0 Å². The molecule has 0 bridgehead atoms. The first-order valence-corrected chi connectivity index (χ1v) is 7.99. The number of aromatic nitrogens is 1. The van der Waals surface area contributed by atoms with E-state index in [1.165, 1.54) is 24.3 Å². The van der Waals surface area contributed by atoms with Crippen molar-refractivity contribution in [3.63, 3.8) is 0 Å². The van der Waals surface area contributed by atoms with Crippen molar-refractivity contribution < 1.29 is 19.0 Å². The highest BCUT2D eigenvalue weighted by Gasteiger charge is 2.11. The van der Waals surface area contributed by atoms with Gasteiger partial charge in [0.2, 0.25) is 0 Å². The molecule has 0 aliphatic heterocycles. The average molecular weight is 373 g/mol. The highest BCUT2D eigenvalue weighted by molar-refractivity contribution is 6.30. The second-order valence-corrected chi connectivity index (χ2v) is 5.89. The van der Waals surface area contributed by atoms with E-state index in [1.54, 1.807) is 30.3 Å². The van der Waals surface area contributed by atoms with Crippen molar-refractivity contribution in [2.24, 2.45) is 0 Å². The van der Waals surface area contributed by atoms with Crippen LogP contribution in [0.5, 0.6) is 0 Å². The molecule has 0 N–H and O–H groups in total. The van der Waals surface area contributed by atoms with Crippen LogP contribution in [0, 0.1) is 10.1 Å². The quantitative estimate of drug-likeness (QED) is 0.365. The van der Waals surface area contributed by atoms with E-state index in [0.29, 0.717) is 22.0 Å². The van der Waals surface area contributed by atoms with Crippen LogP contribution in [0.2, 0.25) is 5.02 Å². The number of nitro benzene ring substituents is 1. The number of rotatable bonds is 6. The van der Waals surface area contributed by atoms with Gasteiger partial charge in [-0.2, -0.15) is 0 Å². The monoisotopic (exact) mass is 372 g/mol. The number of ether oxygens (including phenoxy) is 1. The van der Waals surface area contributed by atoms with Crippen LogP contribution in [0.15, 0.2) is 59.1 Å². The lowest BCUT2D eigenvalue weighted by Crippen LogP contribution is -2.08. The molecule has 2 aromatic carbocycles. The van der Waals surface area contributed by atoms with Crippen LogP contribution in [-0.4, -0.2) is 16.0 Å². The molecule has 0 fully saturated rings. The highest BCUT2D eigenvalue weighted by Crippen LogP contribution is 2.22. The Kier molecular flexibility index (Phi) is 5.28. The third-order valence-corrected chi connectivity index (χ3v) is 3.82. The van der Waals surface area contributed by atoms with Gasteiger partial charge in [0.25, 0.3) is 5.69 Å². The number of nitro groups is 1. The predicted molar refractivity (Wildman–Crippen MR) is 93.5 cm³/mol. The SMILES string of the molecule is O=C(Cc1ccc([N+](=O)[O-])cc1)OCc1cc(-c2ccc(Cl)cc2)on1. The number of esters is 1. The molecular formula is C18H13ClN2O5. The van der Waals surface area contributed by atoms with E-state index in [4.69, 9.17) is 20.9 Å². The molecule has 0 unspecified atom stereocenters. The Morgan fingerprint density at radius 2 is 1.85 bits per heavy atom. The van der Waals surface area contributed by atoms with Gasteiger partial charge in [-0.25, -0.2) is 0 Å². The van der Waals surface area contributed by atoms with E-state index in [0.717, 1.165) is 5.56 Å². The molecule has 8 heteroatoms. The summed E-state index contributed by atoms with van der Waals surface area (Å²) in [7, 11) is 0. The zero-order valence-corrected chi connectivity index (χ0v) is 14.2. The predicted octanol–water partition coefficient (Wildman–Crippen LogP) is 4.19. The Balaban J connectivity index is 1.54. The summed E-state index contributed by atoms with van der Waals surface area (Å²) in [5, 5.41) is 15.1. The van der Waals surface area contributed by atoms with E-state index < -0.39 is 10.9 Å². The van der Waals surface area contributed by atoms with Crippen LogP contribution < -0.4 is 0 Å². The number of halogens is 1. The van der Waals surface area contributed by atoms with Crippen molar-refractivity contribution in [3.8, 4) is 11.3 Å². The van der Waals surface area contributed by atoms with Crippen molar-refractivity contribution in [2.75, 3.05) is 0 Å². The second kappa shape index (κ2) is 7.79. The number of benzene rings is 2. The van der Waals surface area contributed by atoms with Gasteiger partial charge < -0.3 is 9.26 Å². The third-order valence-electron chi connectivity index (χ3n) is 3.56. The Morgan fingerprint density at radius 3 is 2.50 bits per heavy atom. The topological polar surface area (TPSA) is 95.5 Å². The van der Waals surface area contributed by atoms with E-state index in [9.17, 15) is 14.9 Å². The second-order valence-electron chi connectivity index (χ2n) is 5.45. The maximum atomic E-state index is 11.9. The molecule has 3 rings (SSSR count). The number of non-ortho nitro benzene ring substituents is 1. The molecule has 3 aromatic rings. The maximum Gasteiger partial charge on any atom is 0.310 e. The molecule has 0 atom stereocenters. The summed E-state index contributed by atoms with van der Waals surface area (Å²) in [6.07, 6.45) is 0.0138. The van der Waals surface area contributed by atoms with Crippen molar-refractivity contribution in [1.29, 1.82) is 0 Å². The molecule has 132 valence electrons. The summed E-state index contributed by atoms with van der Waals surface area (Å²) in [6, 6.07) is 14.5. The molecule has 7 nitrogen and oxygen atoms in total. The van der Waals surface area contributed by atoms with Crippen molar-refractivity contribution in [1.82, 2.24) is 5.16 Å². The Labute approximate surface area is 153 Å². The molecule has 0 spiro atoms. The molecule has 0 saturated carbocycles. The lowest BCUT2D eigenvalue weighted by Gasteiger charge is -2.02. The van der Waals surface area contributed by atoms with E-state index in [2.05, 4.69) is 5.16 Å². The number of nitrogens with zero attached hydrogens (tertiary/aromatic N) is 2. The zero-order valence-electron chi connectivity index (χ0n) is 13.4. The minimum atomic E-state index is -0.495. The zero-order chi connectivity index (χ0) is 18.5. The normalized spacial score (nSPS) is 10.5. The summed E-state index contributed by atoms with van der Waals surface area (Å²) in [5.41, 5.74) is 1.89. The smallest absolute Gasteiger partial charge is 0.310 e. The molecule has 1 heterocycles. The first-order valence-electron chi connectivity index (χ1n) is 7.62. The largest absolute Gasteiger partial charge is 0.459 e. The fourth-order valence-corrected chi connectivity index (χ4v) is 2.36. The van der Waals surface area contributed by atoms with Gasteiger partial charge in [0, 0.05) is 28.8 Å². The molecule has 0 amide bonds. The van der Waals surface area contributed by atoms with Gasteiger partial charge in [-0.05, 0) is 29.8 Å². The highest BCUT2D eigenvalue weighted by atomic mass is 35.5. The van der Waals surface area contributed by atoms with Crippen LogP contribution in [0.4, 0.5) is 5.69 Å². The Hall–Kier alpha value is -3.19. The van der Waals surface area contributed by atoms with E-state index in [-0.39, 0.29) is 18.7 Å². The lowest BCUT2D eigenvalue weighted by atomic mass is 10.1. The van der Waals surface area contributed by atoms with Gasteiger partial charge in [0.1, 0.15) is 12.3 Å². The van der Waals surface area contributed by atoms with Crippen LogP contribution >= 0.6 is 11.6 Å². The fourth-order valence-electron chi connectivity index (χ4n) is 2.24. The van der Waals surface area contributed by atoms with E-state index in [1.807, 2.05) is 0 Å². The summed E-state index contributed by atoms with van der Waals surface area (Å²) in [5.74, 6) is 0.0815. The van der Waals surface area contributed by atoms with Gasteiger partial charge in [-0.3, -0.25) is 14.9 Å². The summed E-state index contributed by atoms with van der Waals surface area (Å²) in [4.78, 5) is 22.0. The van der Waals surface area contributed by atoms with Gasteiger partial charge >= 0.3 is 5.97 Å². The summed E-state index contributed by atoms with van der Waals surface area (Å²) in [6.45, 7) is -0.0249. The maximum absolute atomic E-state index is 11.9. The van der Waals surface area contributed by atoms with Gasteiger partial charge in [0.15, 0.2) is 5.76 Å². The molecule has 0 radical (unpaired) electrons. The lowest BCUT2D eigenvalue weighted by molar-refractivity contribution is -0.384. The Bertz CT molecular complexity index is 920. The number of hydrogen-bond acceptors (Lipinski definition) is 6. The average Bonchev–Trinajstić information content (AvgIpc) is 3.10. The van der Waals surface area contributed by atoms with Crippen LogP contribution in [0.25, 0.3) is 11.3 Å². The molecule has 0 aliphatic rings. The van der Waals surface area contributed by atoms with Crippen LogP contribution in [0.3, 0.4) is 0 Å². The third kappa shape index (κ3) is 4.46. The minimum Gasteiger partial charge on any atom is -0.459 e. The first-order chi connectivity index (χ1) is 12.5. The van der Waals surface area contributed by atoms with E-state index >= 15 is 0 Å².